The fraction of sp³-hybridized carbons (Fsp3) is 0.391. The molecule has 0 spiro atoms. The van der Waals surface area contributed by atoms with Crippen LogP contribution in [0.1, 0.15) is 0 Å². The van der Waals surface area contributed by atoms with Crippen LogP contribution < -0.4 is 19.1 Å². The third kappa shape index (κ3) is 6.22. The average molecular weight is 528 g/mol. The first-order valence-electron chi connectivity index (χ1n) is 10.6. The van der Waals surface area contributed by atoms with Gasteiger partial charge in [0.1, 0.15) is 22.8 Å². The highest BCUT2D eigenvalue weighted by molar-refractivity contribution is 7.23. The molecule has 1 fully saturated rings. The number of hydrogen-bond acceptors (Lipinski definition) is 8. The highest BCUT2D eigenvalue weighted by Gasteiger charge is 2.24. The van der Waals surface area contributed by atoms with Gasteiger partial charge in [-0.1, -0.05) is 22.9 Å². The van der Waals surface area contributed by atoms with E-state index < -0.39 is 0 Å². The van der Waals surface area contributed by atoms with Crippen LogP contribution in [0.25, 0.3) is 10.2 Å². The largest absolute Gasteiger partial charge is 0.497 e. The molecule has 184 valence electrons. The van der Waals surface area contributed by atoms with Gasteiger partial charge in [-0.2, -0.15) is 0 Å². The van der Waals surface area contributed by atoms with Gasteiger partial charge in [0.05, 0.1) is 37.2 Å². The van der Waals surface area contributed by atoms with Crippen molar-refractivity contribution in [1.82, 2.24) is 9.88 Å². The van der Waals surface area contributed by atoms with Gasteiger partial charge in [-0.3, -0.25) is 14.6 Å². The van der Waals surface area contributed by atoms with Gasteiger partial charge in [0.2, 0.25) is 0 Å². The van der Waals surface area contributed by atoms with Gasteiger partial charge in [0, 0.05) is 26.2 Å². The number of rotatable bonds is 9. The molecule has 0 bridgehead atoms. The summed E-state index contributed by atoms with van der Waals surface area (Å²) in [5, 5.41) is 1.14. The predicted molar refractivity (Wildman–Crippen MR) is 137 cm³/mol. The number of halogens is 2. The Labute approximate surface area is 213 Å². The van der Waals surface area contributed by atoms with Crippen LogP contribution in [0.15, 0.2) is 36.4 Å². The standard InChI is InChI=1S/C23H26ClN3O5S.ClH/c1-29-16-3-5-17(6-4-16)32-15-20(28)27(10-9-26-11-13-31-14-12-26)23-25-21-19(30-2)8-7-18(24)22(21)33-23;/h3-8H,9-15H2,1-2H3;1H. The number of aromatic nitrogens is 1. The Morgan fingerprint density at radius 2 is 1.82 bits per heavy atom. The van der Waals surface area contributed by atoms with E-state index in [1.165, 1.54) is 11.3 Å². The Balaban J connectivity index is 0.00000324. The molecule has 0 N–H and O–H groups in total. The minimum absolute atomic E-state index is 0. The van der Waals surface area contributed by atoms with E-state index >= 15 is 0 Å². The molecular formula is C23H27Cl2N3O5S. The molecule has 3 aromatic rings. The van der Waals surface area contributed by atoms with E-state index in [4.69, 9.17) is 35.5 Å². The van der Waals surface area contributed by atoms with Crippen molar-refractivity contribution in [2.75, 3.05) is 65.1 Å². The number of benzene rings is 2. The highest BCUT2D eigenvalue weighted by atomic mass is 35.5. The summed E-state index contributed by atoms with van der Waals surface area (Å²) in [5.74, 6) is 1.74. The van der Waals surface area contributed by atoms with Crippen molar-refractivity contribution in [2.45, 2.75) is 0 Å². The summed E-state index contributed by atoms with van der Waals surface area (Å²) in [4.78, 5) is 21.9. The number of ether oxygens (including phenoxy) is 4. The zero-order chi connectivity index (χ0) is 23.2. The van der Waals surface area contributed by atoms with E-state index in [2.05, 4.69) is 4.90 Å². The molecule has 8 nitrogen and oxygen atoms in total. The Morgan fingerprint density at radius 1 is 1.12 bits per heavy atom. The number of thiazole rings is 1. The lowest BCUT2D eigenvalue weighted by molar-refractivity contribution is -0.120. The Bertz CT molecular complexity index is 1090. The summed E-state index contributed by atoms with van der Waals surface area (Å²) < 4.78 is 22.6. The second-order valence-corrected chi connectivity index (χ2v) is 8.77. The molecular weight excluding hydrogens is 501 g/mol. The van der Waals surface area contributed by atoms with Crippen LogP contribution in [0.3, 0.4) is 0 Å². The van der Waals surface area contributed by atoms with Crippen LogP contribution in [-0.4, -0.2) is 76.0 Å². The number of methoxy groups -OCH3 is 2. The van der Waals surface area contributed by atoms with Gasteiger partial charge in [0.15, 0.2) is 11.7 Å². The second-order valence-electron chi connectivity index (χ2n) is 7.39. The molecule has 1 aliphatic rings. The summed E-state index contributed by atoms with van der Waals surface area (Å²) in [6.45, 7) is 4.14. The first-order chi connectivity index (χ1) is 16.1. The van der Waals surface area contributed by atoms with Crippen LogP contribution >= 0.6 is 35.3 Å². The molecule has 0 aliphatic carbocycles. The van der Waals surface area contributed by atoms with Crippen molar-refractivity contribution in [3.05, 3.63) is 41.4 Å². The zero-order valence-electron chi connectivity index (χ0n) is 19.0. The lowest BCUT2D eigenvalue weighted by Crippen LogP contribution is -2.44. The number of anilines is 1. The molecule has 1 amide bonds. The van der Waals surface area contributed by atoms with Crippen molar-refractivity contribution in [3.8, 4) is 17.2 Å². The number of morpholine rings is 1. The molecule has 1 aromatic heterocycles. The quantitative estimate of drug-likeness (QED) is 0.414. The van der Waals surface area contributed by atoms with E-state index in [0.29, 0.717) is 53.5 Å². The number of amides is 1. The van der Waals surface area contributed by atoms with E-state index in [0.717, 1.165) is 23.5 Å². The third-order valence-electron chi connectivity index (χ3n) is 5.36. The molecule has 0 unspecified atom stereocenters. The van der Waals surface area contributed by atoms with Gasteiger partial charge in [-0.05, 0) is 36.4 Å². The summed E-state index contributed by atoms with van der Waals surface area (Å²) in [6, 6.07) is 10.7. The van der Waals surface area contributed by atoms with E-state index in [1.807, 2.05) is 0 Å². The SMILES string of the molecule is COc1ccc(OCC(=O)N(CCN2CCOCC2)c2nc3c(OC)ccc(Cl)c3s2)cc1.Cl. The lowest BCUT2D eigenvalue weighted by atomic mass is 10.3. The van der Waals surface area contributed by atoms with Gasteiger partial charge in [0.25, 0.3) is 5.91 Å². The topological polar surface area (TPSA) is 73.4 Å². The van der Waals surface area contributed by atoms with E-state index in [9.17, 15) is 4.79 Å². The van der Waals surface area contributed by atoms with Gasteiger partial charge in [-0.15, -0.1) is 12.4 Å². The monoisotopic (exact) mass is 527 g/mol. The molecule has 0 atom stereocenters. The van der Waals surface area contributed by atoms with Crippen LogP contribution in [0.4, 0.5) is 5.13 Å². The average Bonchev–Trinajstić information content (AvgIpc) is 3.30. The van der Waals surface area contributed by atoms with Crippen LogP contribution in [-0.2, 0) is 9.53 Å². The smallest absolute Gasteiger partial charge is 0.266 e. The van der Waals surface area contributed by atoms with E-state index in [-0.39, 0.29) is 24.9 Å². The molecule has 1 saturated heterocycles. The van der Waals surface area contributed by atoms with Crippen LogP contribution in [0, 0.1) is 0 Å². The molecule has 4 rings (SSSR count). The van der Waals surface area contributed by atoms with Crippen LogP contribution in [0.2, 0.25) is 5.02 Å². The first kappa shape index (κ1) is 26.3. The Kier molecular flexibility index (Phi) is 9.61. The van der Waals surface area contributed by atoms with Gasteiger partial charge in [-0.25, -0.2) is 4.98 Å². The van der Waals surface area contributed by atoms with Gasteiger partial charge >= 0.3 is 0 Å². The minimum atomic E-state index is -0.187. The normalized spacial score (nSPS) is 13.9. The maximum atomic E-state index is 13.3. The van der Waals surface area contributed by atoms with Crippen molar-refractivity contribution in [3.63, 3.8) is 0 Å². The predicted octanol–water partition coefficient (Wildman–Crippen LogP) is 4.13. The molecule has 2 aromatic carbocycles. The molecule has 0 radical (unpaired) electrons. The third-order valence-corrected chi connectivity index (χ3v) is 6.90. The maximum absolute atomic E-state index is 13.3. The van der Waals surface area contributed by atoms with Crippen molar-refractivity contribution in [2.24, 2.45) is 0 Å². The summed E-state index contributed by atoms with van der Waals surface area (Å²) >= 11 is 7.77. The van der Waals surface area contributed by atoms with Crippen molar-refractivity contribution >= 4 is 56.6 Å². The number of nitrogens with zero attached hydrogens (tertiary/aromatic N) is 3. The minimum Gasteiger partial charge on any atom is -0.497 e. The number of fused-ring (bicyclic) bond motifs is 1. The molecule has 11 heteroatoms. The fourth-order valence-electron chi connectivity index (χ4n) is 3.51. The molecule has 0 saturated carbocycles. The van der Waals surface area contributed by atoms with Crippen molar-refractivity contribution < 1.29 is 23.7 Å². The first-order valence-corrected chi connectivity index (χ1v) is 11.8. The van der Waals surface area contributed by atoms with Crippen LogP contribution in [0.5, 0.6) is 17.2 Å². The second kappa shape index (κ2) is 12.4. The fourth-order valence-corrected chi connectivity index (χ4v) is 4.81. The maximum Gasteiger partial charge on any atom is 0.266 e. The Hall–Kier alpha value is -2.30. The van der Waals surface area contributed by atoms with Gasteiger partial charge < -0.3 is 18.9 Å². The zero-order valence-corrected chi connectivity index (χ0v) is 21.4. The molecule has 2 heterocycles. The molecule has 34 heavy (non-hydrogen) atoms. The van der Waals surface area contributed by atoms with E-state index in [1.54, 1.807) is 55.5 Å². The highest BCUT2D eigenvalue weighted by Crippen LogP contribution is 2.38. The summed E-state index contributed by atoms with van der Waals surface area (Å²) in [6.07, 6.45) is 0. The van der Waals surface area contributed by atoms with Crippen molar-refractivity contribution in [1.29, 1.82) is 0 Å². The number of carbonyl (C=O) groups is 1. The molecule has 1 aliphatic heterocycles. The number of carbonyl (C=O) groups excluding carboxylic acids is 1. The Morgan fingerprint density at radius 3 is 2.50 bits per heavy atom. The number of hydrogen-bond donors (Lipinski definition) is 0. The summed E-state index contributed by atoms with van der Waals surface area (Å²) in [5.41, 5.74) is 0.644. The summed E-state index contributed by atoms with van der Waals surface area (Å²) in [7, 11) is 3.19. The lowest BCUT2D eigenvalue weighted by Gasteiger charge is -2.29.